The van der Waals surface area contributed by atoms with Crippen LogP contribution >= 0.6 is 0 Å². The van der Waals surface area contributed by atoms with Crippen LogP contribution in [0.2, 0.25) is 0 Å². The number of rotatable bonds is 5. The van der Waals surface area contributed by atoms with Crippen molar-refractivity contribution in [2.75, 3.05) is 13.1 Å². The number of ketones is 2. The fraction of sp³-hybridized carbons (Fsp3) is 0.846. The Hall–Kier alpha value is -0.700. The van der Waals surface area contributed by atoms with Gasteiger partial charge in [-0.15, -0.1) is 0 Å². The van der Waals surface area contributed by atoms with Crippen molar-refractivity contribution in [1.29, 1.82) is 0 Å². The molecule has 3 nitrogen and oxygen atoms in total. The minimum Gasteiger partial charge on any atom is -0.300 e. The topological polar surface area (TPSA) is 37.4 Å². The molecule has 2 fully saturated rings. The molecule has 0 aromatic carbocycles. The van der Waals surface area contributed by atoms with E-state index in [9.17, 15) is 9.59 Å². The van der Waals surface area contributed by atoms with Gasteiger partial charge in [-0.05, 0) is 31.6 Å². The average Bonchev–Trinajstić information content (AvgIpc) is 2.16. The SMILES string of the molecule is CC(CCC(C)N1CC(=O)C1)C1CC(=O)C1. The van der Waals surface area contributed by atoms with Gasteiger partial charge in [0.05, 0.1) is 13.1 Å². The molecule has 0 bridgehead atoms. The molecule has 1 heterocycles. The Morgan fingerprint density at radius 1 is 1.12 bits per heavy atom. The second-order valence-electron chi connectivity index (χ2n) is 5.55. The fourth-order valence-electron chi connectivity index (χ4n) is 2.57. The molecule has 1 aliphatic carbocycles. The number of likely N-dealkylation sites (tertiary alicyclic amines) is 1. The first kappa shape index (κ1) is 11.8. The maximum atomic E-state index is 10.9. The maximum Gasteiger partial charge on any atom is 0.160 e. The Kier molecular flexibility index (Phi) is 3.43. The van der Waals surface area contributed by atoms with Crippen molar-refractivity contribution >= 4 is 11.6 Å². The van der Waals surface area contributed by atoms with Crippen LogP contribution in [-0.2, 0) is 9.59 Å². The third kappa shape index (κ3) is 2.51. The van der Waals surface area contributed by atoms with Crippen LogP contribution in [0.15, 0.2) is 0 Å². The normalized spacial score (nSPS) is 26.1. The Balaban J connectivity index is 1.63. The third-order valence-electron chi connectivity index (χ3n) is 4.21. The van der Waals surface area contributed by atoms with Crippen molar-refractivity contribution in [1.82, 2.24) is 4.90 Å². The van der Waals surface area contributed by atoms with E-state index < -0.39 is 0 Å². The highest BCUT2D eigenvalue weighted by Crippen LogP contribution is 2.33. The smallest absolute Gasteiger partial charge is 0.160 e. The zero-order valence-electron chi connectivity index (χ0n) is 10.2. The largest absolute Gasteiger partial charge is 0.300 e. The summed E-state index contributed by atoms with van der Waals surface area (Å²) in [6, 6.07) is 0.524. The zero-order valence-corrected chi connectivity index (χ0v) is 10.2. The molecule has 0 aromatic heterocycles. The van der Waals surface area contributed by atoms with Gasteiger partial charge in [0.1, 0.15) is 5.78 Å². The standard InChI is InChI=1S/C13H21NO2/c1-9(11-5-12(15)6-11)3-4-10(2)14-7-13(16)8-14/h9-11H,3-8H2,1-2H3. The Morgan fingerprint density at radius 3 is 2.25 bits per heavy atom. The molecule has 2 aliphatic rings. The lowest BCUT2D eigenvalue weighted by Gasteiger charge is -2.36. The monoisotopic (exact) mass is 223 g/mol. The van der Waals surface area contributed by atoms with Crippen LogP contribution < -0.4 is 0 Å². The molecular formula is C13H21NO2. The van der Waals surface area contributed by atoms with Gasteiger partial charge in [0.2, 0.25) is 0 Å². The zero-order chi connectivity index (χ0) is 11.7. The molecule has 2 rings (SSSR count). The molecule has 1 aliphatic heterocycles. The lowest BCUT2D eigenvalue weighted by atomic mass is 9.74. The highest BCUT2D eigenvalue weighted by molar-refractivity contribution is 5.87. The molecule has 0 aromatic rings. The van der Waals surface area contributed by atoms with Gasteiger partial charge in [-0.25, -0.2) is 0 Å². The van der Waals surface area contributed by atoms with Gasteiger partial charge >= 0.3 is 0 Å². The van der Waals surface area contributed by atoms with Gasteiger partial charge in [0, 0.05) is 18.9 Å². The second kappa shape index (κ2) is 4.66. The number of nitrogens with zero attached hydrogens (tertiary/aromatic N) is 1. The van der Waals surface area contributed by atoms with Crippen LogP contribution in [0.3, 0.4) is 0 Å². The number of hydrogen-bond donors (Lipinski definition) is 0. The number of Topliss-reactive ketones (excluding diaryl/α,β-unsaturated/α-hetero) is 2. The van der Waals surface area contributed by atoms with E-state index in [0.717, 1.165) is 19.3 Å². The molecule has 2 atom stereocenters. The molecular weight excluding hydrogens is 202 g/mol. The Bertz CT molecular complexity index is 254. The van der Waals surface area contributed by atoms with Crippen LogP contribution in [-0.4, -0.2) is 35.6 Å². The van der Waals surface area contributed by atoms with E-state index >= 15 is 0 Å². The van der Waals surface area contributed by atoms with E-state index in [4.69, 9.17) is 0 Å². The predicted molar refractivity (Wildman–Crippen MR) is 62.2 cm³/mol. The quantitative estimate of drug-likeness (QED) is 0.711. The second-order valence-corrected chi connectivity index (χ2v) is 5.55. The van der Waals surface area contributed by atoms with Crippen molar-refractivity contribution in [3.05, 3.63) is 0 Å². The summed E-state index contributed by atoms with van der Waals surface area (Å²) in [5, 5.41) is 0. The Labute approximate surface area is 97.2 Å². The van der Waals surface area contributed by atoms with Gasteiger partial charge < -0.3 is 0 Å². The highest BCUT2D eigenvalue weighted by atomic mass is 16.1. The number of carbonyl (C=O) groups excluding carboxylic acids is 2. The summed E-state index contributed by atoms with van der Waals surface area (Å²) in [6.07, 6.45) is 3.94. The van der Waals surface area contributed by atoms with Gasteiger partial charge in [-0.3, -0.25) is 14.5 Å². The molecule has 90 valence electrons. The van der Waals surface area contributed by atoms with Crippen molar-refractivity contribution in [2.45, 2.75) is 45.6 Å². The summed E-state index contributed by atoms with van der Waals surface area (Å²) in [7, 11) is 0. The summed E-state index contributed by atoms with van der Waals surface area (Å²) in [5.41, 5.74) is 0. The summed E-state index contributed by atoms with van der Waals surface area (Å²) >= 11 is 0. The van der Waals surface area contributed by atoms with Crippen LogP contribution in [0.5, 0.6) is 0 Å². The molecule has 1 saturated carbocycles. The third-order valence-corrected chi connectivity index (χ3v) is 4.21. The fourth-order valence-corrected chi connectivity index (χ4v) is 2.57. The van der Waals surface area contributed by atoms with Crippen LogP contribution in [0.4, 0.5) is 0 Å². The van der Waals surface area contributed by atoms with E-state index in [0.29, 0.717) is 42.5 Å². The maximum absolute atomic E-state index is 10.9. The van der Waals surface area contributed by atoms with Gasteiger partial charge in [0.25, 0.3) is 0 Å². The molecule has 0 amide bonds. The first-order chi connectivity index (χ1) is 7.56. The molecule has 0 radical (unpaired) electrons. The number of hydrogen-bond acceptors (Lipinski definition) is 3. The summed E-state index contributed by atoms with van der Waals surface area (Å²) in [6.45, 7) is 5.76. The minimum atomic E-state index is 0.365. The van der Waals surface area contributed by atoms with E-state index in [2.05, 4.69) is 18.7 Å². The van der Waals surface area contributed by atoms with E-state index in [-0.39, 0.29) is 0 Å². The van der Waals surface area contributed by atoms with E-state index in [1.54, 1.807) is 0 Å². The molecule has 3 heteroatoms. The van der Waals surface area contributed by atoms with Gasteiger partial charge in [-0.1, -0.05) is 6.92 Å². The van der Waals surface area contributed by atoms with Gasteiger partial charge in [-0.2, -0.15) is 0 Å². The van der Waals surface area contributed by atoms with Gasteiger partial charge in [0.15, 0.2) is 5.78 Å². The number of carbonyl (C=O) groups is 2. The summed E-state index contributed by atoms with van der Waals surface area (Å²) < 4.78 is 0. The summed E-state index contributed by atoms with van der Waals surface area (Å²) in [4.78, 5) is 24.0. The van der Waals surface area contributed by atoms with Crippen molar-refractivity contribution in [2.24, 2.45) is 11.8 Å². The predicted octanol–water partition coefficient (Wildman–Crippen LogP) is 1.66. The highest BCUT2D eigenvalue weighted by Gasteiger charge is 2.32. The lowest BCUT2D eigenvalue weighted by molar-refractivity contribution is -0.131. The van der Waals surface area contributed by atoms with Crippen LogP contribution in [0.25, 0.3) is 0 Å². The van der Waals surface area contributed by atoms with E-state index in [1.165, 1.54) is 6.42 Å². The molecule has 0 spiro atoms. The molecule has 0 N–H and O–H groups in total. The first-order valence-corrected chi connectivity index (χ1v) is 6.33. The lowest BCUT2D eigenvalue weighted by Crippen LogP contribution is -2.51. The van der Waals surface area contributed by atoms with Crippen molar-refractivity contribution in [3.63, 3.8) is 0 Å². The minimum absolute atomic E-state index is 0.365. The Morgan fingerprint density at radius 2 is 1.75 bits per heavy atom. The molecule has 2 unspecified atom stereocenters. The van der Waals surface area contributed by atoms with Crippen LogP contribution in [0.1, 0.15) is 39.5 Å². The molecule has 16 heavy (non-hydrogen) atoms. The average molecular weight is 223 g/mol. The van der Waals surface area contributed by atoms with Crippen LogP contribution in [0, 0.1) is 11.8 Å². The van der Waals surface area contributed by atoms with E-state index in [1.807, 2.05) is 0 Å². The molecule has 1 saturated heterocycles. The summed E-state index contributed by atoms with van der Waals surface area (Å²) in [5.74, 6) is 2.09. The van der Waals surface area contributed by atoms with Crippen molar-refractivity contribution in [3.8, 4) is 0 Å². The first-order valence-electron chi connectivity index (χ1n) is 6.33. The van der Waals surface area contributed by atoms with Crippen molar-refractivity contribution < 1.29 is 9.59 Å².